The molecule has 0 fully saturated rings. The van der Waals surface area contributed by atoms with E-state index in [-0.39, 0.29) is 10.8 Å². The van der Waals surface area contributed by atoms with Crippen LogP contribution in [0.3, 0.4) is 0 Å². The lowest BCUT2D eigenvalue weighted by atomic mass is 9.71. The van der Waals surface area contributed by atoms with Crippen molar-refractivity contribution in [1.29, 1.82) is 0 Å². The number of aromatic hydroxyl groups is 2. The Balaban J connectivity index is 1.99. The van der Waals surface area contributed by atoms with Crippen LogP contribution in [0.25, 0.3) is 0 Å². The van der Waals surface area contributed by atoms with Gasteiger partial charge in [-0.3, -0.25) is 0 Å². The molecule has 0 aliphatic rings. The summed E-state index contributed by atoms with van der Waals surface area (Å²) in [6.45, 7) is 8.92. The Morgan fingerprint density at radius 3 is 0.929 bits per heavy atom. The highest BCUT2D eigenvalue weighted by Gasteiger charge is 2.30. The lowest BCUT2D eigenvalue weighted by molar-refractivity contribution is 0.472. The number of phenolic OH excluding ortho intramolecular Hbond substituents is 2. The van der Waals surface area contributed by atoms with Crippen LogP contribution in [0, 0.1) is 0 Å². The molecule has 2 nitrogen and oxygen atoms in total. The fraction of sp³-hybridized carbons (Fsp3) is 0.308. The fourth-order valence-corrected chi connectivity index (χ4v) is 4.01. The summed E-state index contributed by atoms with van der Waals surface area (Å²) in [4.78, 5) is 0. The van der Waals surface area contributed by atoms with Crippen molar-refractivity contribution in [2.45, 2.75) is 51.4 Å². The van der Waals surface area contributed by atoms with Crippen molar-refractivity contribution in [1.82, 2.24) is 0 Å². The summed E-state index contributed by atoms with van der Waals surface area (Å²) in [5.41, 5.74) is 4.75. The van der Waals surface area contributed by atoms with Crippen molar-refractivity contribution >= 4 is 0 Å². The molecule has 2 atom stereocenters. The summed E-state index contributed by atoms with van der Waals surface area (Å²) in [5, 5.41) is 19.3. The monoisotopic (exact) mass is 374 g/mol. The van der Waals surface area contributed by atoms with E-state index in [1.54, 1.807) is 24.3 Å². The van der Waals surface area contributed by atoms with Gasteiger partial charge in [-0.15, -0.1) is 0 Å². The van der Waals surface area contributed by atoms with Crippen molar-refractivity contribution < 1.29 is 10.2 Å². The molecule has 0 saturated heterocycles. The summed E-state index contributed by atoms with van der Waals surface area (Å²) in [6.07, 6.45) is 1.94. The van der Waals surface area contributed by atoms with E-state index in [0.717, 1.165) is 12.8 Å². The van der Waals surface area contributed by atoms with Gasteiger partial charge in [0.05, 0.1) is 0 Å². The second kappa shape index (κ2) is 7.71. The SMILES string of the molecule is CCC(C)(c1ccc(O)cc1)c1ccc(C(C)(CC)c2ccc(O)cc2)cc1. The minimum Gasteiger partial charge on any atom is -0.508 e. The average molecular weight is 375 g/mol. The van der Waals surface area contributed by atoms with Gasteiger partial charge in [-0.1, -0.05) is 76.2 Å². The summed E-state index contributed by atoms with van der Waals surface area (Å²) >= 11 is 0. The van der Waals surface area contributed by atoms with Crippen LogP contribution in [0.1, 0.15) is 62.8 Å². The molecule has 3 rings (SSSR count). The van der Waals surface area contributed by atoms with Gasteiger partial charge in [0.25, 0.3) is 0 Å². The lowest BCUT2D eigenvalue weighted by Crippen LogP contribution is -2.25. The van der Waals surface area contributed by atoms with Crippen LogP contribution in [0.4, 0.5) is 0 Å². The van der Waals surface area contributed by atoms with Crippen LogP contribution in [0.15, 0.2) is 72.8 Å². The Hall–Kier alpha value is -2.74. The van der Waals surface area contributed by atoms with E-state index >= 15 is 0 Å². The smallest absolute Gasteiger partial charge is 0.115 e. The van der Waals surface area contributed by atoms with Crippen molar-refractivity contribution in [3.8, 4) is 11.5 Å². The molecule has 2 unspecified atom stereocenters. The van der Waals surface area contributed by atoms with Gasteiger partial charge < -0.3 is 10.2 Å². The molecule has 28 heavy (non-hydrogen) atoms. The first-order valence-corrected chi connectivity index (χ1v) is 10.0. The maximum absolute atomic E-state index is 9.63. The zero-order chi connectivity index (χ0) is 20.4. The van der Waals surface area contributed by atoms with E-state index < -0.39 is 0 Å². The number of benzene rings is 3. The predicted molar refractivity (Wildman–Crippen MR) is 116 cm³/mol. The van der Waals surface area contributed by atoms with Gasteiger partial charge in [-0.25, -0.2) is 0 Å². The molecule has 0 aromatic heterocycles. The van der Waals surface area contributed by atoms with Gasteiger partial charge >= 0.3 is 0 Å². The maximum atomic E-state index is 9.63. The Morgan fingerprint density at radius 2 is 0.714 bits per heavy atom. The van der Waals surface area contributed by atoms with Crippen LogP contribution in [0.2, 0.25) is 0 Å². The molecular weight excluding hydrogens is 344 g/mol. The lowest BCUT2D eigenvalue weighted by Gasteiger charge is -2.33. The van der Waals surface area contributed by atoms with Gasteiger partial charge in [0.1, 0.15) is 11.5 Å². The molecule has 0 spiro atoms. The van der Waals surface area contributed by atoms with Crippen LogP contribution in [-0.4, -0.2) is 10.2 Å². The summed E-state index contributed by atoms with van der Waals surface area (Å²) < 4.78 is 0. The minimum absolute atomic E-state index is 0.104. The third-order valence-corrected chi connectivity index (χ3v) is 6.58. The fourth-order valence-electron chi connectivity index (χ4n) is 4.01. The molecule has 2 heteroatoms. The van der Waals surface area contributed by atoms with Gasteiger partial charge in [0, 0.05) is 10.8 Å². The van der Waals surface area contributed by atoms with E-state index in [4.69, 9.17) is 0 Å². The van der Waals surface area contributed by atoms with Crippen LogP contribution in [0.5, 0.6) is 11.5 Å². The minimum atomic E-state index is -0.104. The second-order valence-corrected chi connectivity index (χ2v) is 8.04. The molecule has 3 aromatic rings. The molecule has 0 bridgehead atoms. The number of rotatable bonds is 6. The first kappa shape index (κ1) is 20.0. The highest BCUT2D eigenvalue weighted by Crippen LogP contribution is 2.39. The van der Waals surface area contributed by atoms with Gasteiger partial charge in [-0.05, 0) is 59.4 Å². The molecule has 0 amide bonds. The Kier molecular flexibility index (Phi) is 5.51. The van der Waals surface area contributed by atoms with Crippen LogP contribution in [-0.2, 0) is 10.8 Å². The summed E-state index contributed by atoms with van der Waals surface area (Å²) in [5.74, 6) is 0.593. The predicted octanol–water partition coefficient (Wildman–Crippen LogP) is 6.53. The molecule has 0 aliphatic carbocycles. The molecule has 0 heterocycles. The Labute approximate surface area is 168 Å². The van der Waals surface area contributed by atoms with Gasteiger partial charge in [-0.2, -0.15) is 0 Å². The van der Waals surface area contributed by atoms with Crippen molar-refractivity contribution in [3.63, 3.8) is 0 Å². The van der Waals surface area contributed by atoms with Crippen molar-refractivity contribution in [2.75, 3.05) is 0 Å². The molecule has 2 N–H and O–H groups in total. The topological polar surface area (TPSA) is 40.5 Å². The number of hydrogen-bond acceptors (Lipinski definition) is 2. The molecular formula is C26H30O2. The molecule has 146 valence electrons. The van der Waals surface area contributed by atoms with E-state index in [1.807, 2.05) is 24.3 Å². The molecule has 0 saturated carbocycles. The third kappa shape index (κ3) is 3.52. The third-order valence-electron chi connectivity index (χ3n) is 6.58. The molecule has 0 aliphatic heterocycles. The number of hydrogen-bond donors (Lipinski definition) is 2. The summed E-state index contributed by atoms with van der Waals surface area (Å²) in [6, 6.07) is 24.0. The average Bonchev–Trinajstić information content (AvgIpc) is 2.73. The zero-order valence-corrected chi connectivity index (χ0v) is 17.2. The first-order chi connectivity index (χ1) is 13.3. The van der Waals surface area contributed by atoms with Crippen molar-refractivity contribution in [3.05, 3.63) is 95.1 Å². The van der Waals surface area contributed by atoms with Crippen LogP contribution < -0.4 is 0 Å². The van der Waals surface area contributed by atoms with Crippen LogP contribution >= 0.6 is 0 Å². The van der Waals surface area contributed by atoms with E-state index in [0.29, 0.717) is 11.5 Å². The summed E-state index contributed by atoms with van der Waals surface area (Å²) in [7, 11) is 0. The maximum Gasteiger partial charge on any atom is 0.115 e. The molecule has 0 radical (unpaired) electrons. The largest absolute Gasteiger partial charge is 0.508 e. The highest BCUT2D eigenvalue weighted by molar-refractivity contribution is 5.45. The van der Waals surface area contributed by atoms with Gasteiger partial charge in [0.2, 0.25) is 0 Å². The van der Waals surface area contributed by atoms with Gasteiger partial charge in [0.15, 0.2) is 0 Å². The zero-order valence-electron chi connectivity index (χ0n) is 17.2. The van der Waals surface area contributed by atoms with E-state index in [9.17, 15) is 10.2 Å². The quantitative estimate of drug-likeness (QED) is 0.515. The Bertz CT molecular complexity index is 832. The van der Waals surface area contributed by atoms with E-state index in [2.05, 4.69) is 52.0 Å². The van der Waals surface area contributed by atoms with Crippen molar-refractivity contribution in [2.24, 2.45) is 0 Å². The standard InChI is InChI=1S/C26H30O2/c1-5-25(3,21-11-15-23(27)16-12-21)19-7-9-20(10-8-19)26(4,6-2)22-13-17-24(28)18-14-22/h7-18,27-28H,5-6H2,1-4H3. The first-order valence-electron chi connectivity index (χ1n) is 10.0. The Morgan fingerprint density at radius 1 is 0.500 bits per heavy atom. The normalized spacial score (nSPS) is 15.6. The highest BCUT2D eigenvalue weighted by atomic mass is 16.3. The number of phenols is 2. The van der Waals surface area contributed by atoms with E-state index in [1.165, 1.54) is 22.3 Å². The molecule has 3 aromatic carbocycles. The second-order valence-electron chi connectivity index (χ2n) is 8.04.